The van der Waals surface area contributed by atoms with Gasteiger partial charge in [-0.25, -0.2) is 28.5 Å². The molecule has 0 atom stereocenters. The number of thiazole rings is 1. The maximum atomic E-state index is 8.81. The first kappa shape index (κ1) is 20.0. The second kappa shape index (κ2) is 9.43. The lowest BCUT2D eigenvalue weighted by Crippen LogP contribution is -1.98. The Morgan fingerprint density at radius 1 is 1.19 bits per heavy atom. The van der Waals surface area contributed by atoms with Gasteiger partial charge in [0.1, 0.15) is 5.69 Å². The zero-order valence-corrected chi connectivity index (χ0v) is 16.4. The molecule has 3 aromatic rings. The molecule has 4 N–H and O–H groups in total. The van der Waals surface area contributed by atoms with E-state index in [0.29, 0.717) is 16.7 Å². The fourth-order valence-corrected chi connectivity index (χ4v) is 3.13. The van der Waals surface area contributed by atoms with Gasteiger partial charge in [0.25, 0.3) is 0 Å². The van der Waals surface area contributed by atoms with Crippen molar-refractivity contribution in [1.29, 1.82) is 0 Å². The van der Waals surface area contributed by atoms with Crippen LogP contribution in [-0.2, 0) is 10.9 Å². The Hall–Kier alpha value is -2.27. The summed E-state index contributed by atoms with van der Waals surface area (Å²) in [6.45, 7) is 1.94. The van der Waals surface area contributed by atoms with Gasteiger partial charge < -0.3 is 10.6 Å². The highest BCUT2D eigenvalue weighted by atomic mass is 35.5. The third-order valence-electron chi connectivity index (χ3n) is 3.00. The number of hydrogen-bond donors (Lipinski definition) is 4. The summed E-state index contributed by atoms with van der Waals surface area (Å²) in [4.78, 5) is 14.1. The fourth-order valence-electron chi connectivity index (χ4n) is 1.96. The highest BCUT2D eigenvalue weighted by molar-refractivity contribution is 7.69. The quantitative estimate of drug-likeness (QED) is 0.486. The minimum absolute atomic E-state index is 0.504. The number of anilines is 3. The molecule has 26 heavy (non-hydrogen) atoms. The van der Waals surface area contributed by atoms with Crippen molar-refractivity contribution in [1.82, 2.24) is 15.0 Å². The van der Waals surface area contributed by atoms with E-state index in [1.807, 2.05) is 44.3 Å². The third kappa shape index (κ3) is 5.63. The summed E-state index contributed by atoms with van der Waals surface area (Å²) in [5.74, 6) is 0.504. The van der Waals surface area contributed by atoms with E-state index >= 15 is 0 Å². The van der Waals surface area contributed by atoms with E-state index in [1.165, 1.54) is 11.3 Å². The van der Waals surface area contributed by atoms with Gasteiger partial charge in [0.2, 0.25) is 5.95 Å². The molecule has 8 nitrogen and oxygen atoms in total. The number of nitrogens with two attached hydrogens (primary N) is 1. The van der Waals surface area contributed by atoms with E-state index in [-0.39, 0.29) is 0 Å². The van der Waals surface area contributed by atoms with E-state index in [4.69, 9.17) is 20.0 Å². The van der Waals surface area contributed by atoms with Crippen molar-refractivity contribution < 1.29 is 8.42 Å². The lowest BCUT2D eigenvalue weighted by atomic mass is 10.3. The molecule has 0 radical (unpaired) electrons. The highest BCUT2D eigenvalue weighted by Gasteiger charge is 2.15. The van der Waals surface area contributed by atoms with Gasteiger partial charge in [-0.2, -0.15) is 0 Å². The Balaban J connectivity index is 0.000000552. The van der Waals surface area contributed by atoms with Crippen LogP contribution in [0.3, 0.4) is 0 Å². The van der Waals surface area contributed by atoms with Crippen molar-refractivity contribution >= 4 is 50.6 Å². The lowest BCUT2D eigenvalue weighted by molar-refractivity contribution is 0.616. The van der Waals surface area contributed by atoms with Gasteiger partial charge in [-0.05, 0) is 19.1 Å². The summed E-state index contributed by atoms with van der Waals surface area (Å²) in [5, 5.41) is 11.6. The SMILES string of the molecule is CNc1nc(C)c(-c2nc(Nc3ccccc3)ncc2Cl)s1.N[SH](=O)=O. The number of rotatable bonds is 4. The molecule has 138 valence electrons. The molecule has 0 aliphatic carbocycles. The number of para-hydroxylation sites is 1. The molecule has 0 bridgehead atoms. The number of halogens is 1. The van der Waals surface area contributed by atoms with Gasteiger partial charge in [-0.3, -0.25) is 0 Å². The zero-order valence-electron chi connectivity index (χ0n) is 13.9. The number of benzene rings is 1. The number of hydrogen-bond acceptors (Lipinski definition) is 8. The molecule has 0 saturated heterocycles. The van der Waals surface area contributed by atoms with E-state index in [9.17, 15) is 0 Å². The molecule has 0 saturated carbocycles. The Morgan fingerprint density at radius 3 is 2.42 bits per heavy atom. The Kier molecular flexibility index (Phi) is 7.27. The minimum Gasteiger partial charge on any atom is -0.365 e. The zero-order chi connectivity index (χ0) is 19.1. The summed E-state index contributed by atoms with van der Waals surface area (Å²) in [6.07, 6.45) is 1.60. The molecule has 0 aliphatic heterocycles. The van der Waals surface area contributed by atoms with E-state index < -0.39 is 10.9 Å². The Bertz CT molecular complexity index is 939. The molecule has 0 aliphatic rings. The molecular weight excluding hydrogens is 396 g/mol. The number of nitrogens with one attached hydrogen (secondary N) is 2. The second-order valence-corrected chi connectivity index (χ2v) is 6.83. The molecule has 0 amide bonds. The molecule has 0 spiro atoms. The molecule has 0 fully saturated rings. The van der Waals surface area contributed by atoms with E-state index in [0.717, 1.165) is 21.4 Å². The van der Waals surface area contributed by atoms with Crippen LogP contribution < -0.4 is 15.8 Å². The van der Waals surface area contributed by atoms with Gasteiger partial charge in [-0.15, -0.1) is 0 Å². The number of nitrogens with zero attached hydrogens (tertiary/aromatic N) is 3. The van der Waals surface area contributed by atoms with E-state index in [1.54, 1.807) is 6.20 Å². The average Bonchev–Trinajstić information content (AvgIpc) is 2.98. The normalized spacial score (nSPS) is 10.2. The van der Waals surface area contributed by atoms with E-state index in [2.05, 4.69) is 30.7 Å². The second-order valence-electron chi connectivity index (χ2n) is 4.85. The lowest BCUT2D eigenvalue weighted by Gasteiger charge is -2.07. The summed E-state index contributed by atoms with van der Waals surface area (Å²) >= 11 is 7.78. The fraction of sp³-hybridized carbons (Fsp3) is 0.133. The maximum absolute atomic E-state index is 8.81. The van der Waals surface area contributed by atoms with Crippen LogP contribution in [0.2, 0.25) is 5.02 Å². The van der Waals surface area contributed by atoms with Crippen molar-refractivity contribution in [3.63, 3.8) is 0 Å². The smallest absolute Gasteiger partial charge is 0.227 e. The molecule has 3 rings (SSSR count). The summed E-state index contributed by atoms with van der Waals surface area (Å²) < 4.78 is 17.6. The van der Waals surface area contributed by atoms with Crippen molar-refractivity contribution in [2.75, 3.05) is 17.7 Å². The first-order valence-electron chi connectivity index (χ1n) is 7.30. The van der Waals surface area contributed by atoms with Crippen molar-refractivity contribution in [3.05, 3.63) is 47.2 Å². The number of aryl methyl sites for hydroxylation is 1. The average molecular weight is 413 g/mol. The summed E-state index contributed by atoms with van der Waals surface area (Å²) in [5.41, 5.74) is 2.50. The van der Waals surface area contributed by atoms with Crippen LogP contribution in [0.25, 0.3) is 10.6 Å². The van der Waals surface area contributed by atoms with Gasteiger partial charge in [-0.1, -0.05) is 41.1 Å². The first-order chi connectivity index (χ1) is 12.4. The van der Waals surface area contributed by atoms with Crippen LogP contribution in [0, 0.1) is 6.92 Å². The Labute approximate surface area is 161 Å². The van der Waals surface area contributed by atoms with Crippen LogP contribution in [-0.4, -0.2) is 30.4 Å². The number of aromatic nitrogens is 3. The minimum atomic E-state index is -2.62. The maximum Gasteiger partial charge on any atom is 0.227 e. The molecule has 11 heteroatoms. The van der Waals surface area contributed by atoms with Gasteiger partial charge >= 0.3 is 0 Å². The van der Waals surface area contributed by atoms with Crippen molar-refractivity contribution in [3.8, 4) is 10.6 Å². The van der Waals surface area contributed by atoms with Crippen LogP contribution in [0.5, 0.6) is 0 Å². The third-order valence-corrected chi connectivity index (χ3v) is 4.46. The first-order valence-corrected chi connectivity index (χ1v) is 9.74. The van der Waals surface area contributed by atoms with Crippen LogP contribution in [0.1, 0.15) is 5.69 Å². The topological polar surface area (TPSA) is 123 Å². The van der Waals surface area contributed by atoms with Crippen molar-refractivity contribution in [2.24, 2.45) is 5.14 Å². The monoisotopic (exact) mass is 412 g/mol. The van der Waals surface area contributed by atoms with Gasteiger partial charge in [0.15, 0.2) is 16.0 Å². The van der Waals surface area contributed by atoms with Gasteiger partial charge in [0.05, 0.1) is 21.8 Å². The predicted molar refractivity (Wildman–Crippen MR) is 107 cm³/mol. The van der Waals surface area contributed by atoms with Crippen LogP contribution in [0.15, 0.2) is 36.5 Å². The predicted octanol–water partition coefficient (Wildman–Crippen LogP) is 2.82. The van der Waals surface area contributed by atoms with Crippen LogP contribution in [0.4, 0.5) is 16.8 Å². The molecule has 1 aromatic carbocycles. The standard InChI is InChI=1S/C15H14ClN5S.H3NO2S/c1-9-13(22-15(17-2)19-9)12-11(16)8-18-14(21-12)20-10-6-4-3-5-7-10;1-4(2)3/h3-8H,1-2H3,(H,17,19)(H,18,20,21);4H,(H2,1,2,3). The highest BCUT2D eigenvalue weighted by Crippen LogP contribution is 2.35. The molecule has 2 aromatic heterocycles. The summed E-state index contributed by atoms with van der Waals surface area (Å²) in [7, 11) is -0.781. The molecule has 2 heterocycles. The summed E-state index contributed by atoms with van der Waals surface area (Å²) in [6, 6.07) is 9.76. The molecule has 0 unspecified atom stereocenters. The largest absolute Gasteiger partial charge is 0.365 e. The van der Waals surface area contributed by atoms with Crippen molar-refractivity contribution in [2.45, 2.75) is 6.92 Å². The van der Waals surface area contributed by atoms with Crippen LogP contribution >= 0.6 is 22.9 Å². The Morgan fingerprint density at radius 2 is 1.85 bits per heavy atom. The molecular formula is C15H17ClN6O2S2. The van der Waals surface area contributed by atoms with Gasteiger partial charge in [0, 0.05) is 12.7 Å². The number of thiol groups is 1.